The number of nitrogens with two attached hydrogens (primary N) is 1. The summed E-state index contributed by atoms with van der Waals surface area (Å²) >= 11 is 2.37. The molecule has 31 heavy (non-hydrogen) atoms. The Hall–Kier alpha value is -2.99. The number of β-lactam (4-membered cyclic amide) rings is 1. The lowest BCUT2D eigenvalue weighted by Crippen LogP contribution is -2.71. The molecule has 0 aromatic carbocycles. The van der Waals surface area contributed by atoms with Crippen LogP contribution in [-0.2, 0) is 24.8 Å². The van der Waals surface area contributed by atoms with E-state index in [0.717, 1.165) is 16.2 Å². The van der Waals surface area contributed by atoms with Crippen molar-refractivity contribution < 1.29 is 42.2 Å². The predicted molar refractivity (Wildman–Crippen MR) is 109 cm³/mol. The first-order valence-corrected chi connectivity index (χ1v) is 11.2. The van der Waals surface area contributed by atoms with Crippen molar-refractivity contribution >= 4 is 62.1 Å². The van der Waals surface area contributed by atoms with E-state index in [1.807, 2.05) is 0 Å². The molecule has 2 aliphatic rings. The third kappa shape index (κ3) is 5.58. The summed E-state index contributed by atoms with van der Waals surface area (Å²) in [5, 5.41) is 24.9. The number of nitrogens with one attached hydrogen (secondary N) is 1. The average molecular weight is 494 g/mol. The highest BCUT2D eigenvalue weighted by Crippen LogP contribution is 2.40. The number of hydrogen-bond acceptors (Lipinski definition) is 11. The standard InChI is InChI=1S/C14H13N5O5S2.H2O4S/c1-2-5-3-25-12-8(11(21)19(12)9(5)13(22)23)17-10(20)7(18-24)6-4-26-14(15)16-6;1-5(2,3)4/h2,4,8,12,24H,1,3H2,(H2,15,16)(H,17,20)(H,22,23);(H2,1,2,3,4)/t8-,12-;/m1./s1. The van der Waals surface area contributed by atoms with Crippen LogP contribution in [0.3, 0.4) is 0 Å². The fraction of sp³-hybridized carbons (Fsp3) is 0.214. The van der Waals surface area contributed by atoms with Crippen molar-refractivity contribution in [2.24, 2.45) is 5.16 Å². The maximum atomic E-state index is 12.4. The van der Waals surface area contributed by atoms with Gasteiger partial charge in [-0.25, -0.2) is 9.78 Å². The molecule has 0 aliphatic carbocycles. The van der Waals surface area contributed by atoms with E-state index in [9.17, 15) is 19.5 Å². The summed E-state index contributed by atoms with van der Waals surface area (Å²) in [6.07, 6.45) is 1.40. The number of carboxylic acids is 1. The number of fused-ring (bicyclic) bond motifs is 1. The van der Waals surface area contributed by atoms with Crippen LogP contribution in [0.5, 0.6) is 0 Å². The Labute approximate surface area is 182 Å². The fourth-order valence-corrected chi connectivity index (χ4v) is 4.51. The maximum Gasteiger partial charge on any atom is 0.394 e. The van der Waals surface area contributed by atoms with Gasteiger partial charge < -0.3 is 21.4 Å². The SMILES string of the molecule is C=CC1=C(C(=O)O)N2C(=O)[C@@H](NC(=O)C(=NO)c3csc(N)n3)[C@H]2SC1.O=S(=O)(O)O. The van der Waals surface area contributed by atoms with Gasteiger partial charge >= 0.3 is 16.4 Å². The van der Waals surface area contributed by atoms with Gasteiger partial charge in [0.2, 0.25) is 0 Å². The molecule has 14 nitrogen and oxygen atoms in total. The number of oxime groups is 1. The molecule has 1 saturated heterocycles. The molecule has 0 saturated carbocycles. The molecule has 2 aliphatic heterocycles. The van der Waals surface area contributed by atoms with E-state index in [-0.39, 0.29) is 22.2 Å². The molecule has 7 N–H and O–H groups in total. The molecule has 168 valence electrons. The molecule has 0 spiro atoms. The summed E-state index contributed by atoms with van der Waals surface area (Å²) in [5.41, 5.74) is 5.49. The molecule has 2 atom stereocenters. The largest absolute Gasteiger partial charge is 0.477 e. The quantitative estimate of drug-likeness (QED) is 0.0970. The number of hydrogen-bond donors (Lipinski definition) is 6. The lowest BCUT2D eigenvalue weighted by Gasteiger charge is -2.49. The number of amides is 2. The number of anilines is 1. The first kappa shape index (κ1) is 24.3. The van der Waals surface area contributed by atoms with Gasteiger partial charge in [0.05, 0.1) is 0 Å². The van der Waals surface area contributed by atoms with Crippen molar-refractivity contribution in [2.75, 3.05) is 11.5 Å². The lowest BCUT2D eigenvalue weighted by molar-refractivity contribution is -0.150. The lowest BCUT2D eigenvalue weighted by atomic mass is 10.0. The van der Waals surface area contributed by atoms with Crippen molar-refractivity contribution in [2.45, 2.75) is 11.4 Å². The van der Waals surface area contributed by atoms with E-state index in [4.69, 9.17) is 28.5 Å². The Kier molecular flexibility index (Phi) is 7.39. The zero-order valence-corrected chi connectivity index (χ0v) is 17.6. The number of rotatable bonds is 5. The maximum absolute atomic E-state index is 12.4. The number of nitrogen functional groups attached to an aromatic ring is 1. The van der Waals surface area contributed by atoms with Crippen LogP contribution < -0.4 is 11.1 Å². The van der Waals surface area contributed by atoms with Crippen LogP contribution in [0.1, 0.15) is 5.69 Å². The fourth-order valence-electron chi connectivity index (χ4n) is 2.62. The van der Waals surface area contributed by atoms with Gasteiger partial charge in [-0.3, -0.25) is 23.6 Å². The first-order valence-electron chi connectivity index (χ1n) is 7.86. The highest BCUT2D eigenvalue weighted by molar-refractivity contribution is 8.00. The minimum Gasteiger partial charge on any atom is -0.477 e. The van der Waals surface area contributed by atoms with E-state index in [0.29, 0.717) is 11.3 Å². The van der Waals surface area contributed by atoms with Crippen LogP contribution in [-0.4, -0.2) is 78.4 Å². The number of thioether (sulfide) groups is 1. The summed E-state index contributed by atoms with van der Waals surface area (Å²) in [7, 11) is -4.67. The number of aromatic nitrogens is 1. The Balaban J connectivity index is 0.000000614. The van der Waals surface area contributed by atoms with Gasteiger partial charge in [0.15, 0.2) is 10.8 Å². The molecule has 0 bridgehead atoms. The number of carboxylic acid groups (broad SMARTS) is 1. The molecule has 0 unspecified atom stereocenters. The Morgan fingerprint density at radius 3 is 2.48 bits per heavy atom. The third-order valence-corrected chi connectivity index (χ3v) is 5.79. The van der Waals surface area contributed by atoms with Gasteiger partial charge in [-0.2, -0.15) is 8.42 Å². The summed E-state index contributed by atoms with van der Waals surface area (Å²) in [5.74, 6) is -2.27. The highest BCUT2D eigenvalue weighted by Gasteiger charge is 2.54. The smallest absolute Gasteiger partial charge is 0.394 e. The Bertz CT molecular complexity index is 1090. The molecule has 3 rings (SSSR count). The van der Waals surface area contributed by atoms with Crippen molar-refractivity contribution in [1.82, 2.24) is 15.2 Å². The Morgan fingerprint density at radius 2 is 2.03 bits per heavy atom. The van der Waals surface area contributed by atoms with E-state index in [2.05, 4.69) is 22.0 Å². The minimum atomic E-state index is -4.67. The molecule has 3 heterocycles. The number of thiazole rings is 1. The van der Waals surface area contributed by atoms with Crippen LogP contribution in [0, 0.1) is 0 Å². The number of nitrogens with zero attached hydrogens (tertiary/aromatic N) is 3. The molecule has 1 aromatic heterocycles. The van der Waals surface area contributed by atoms with Gasteiger partial charge in [0.25, 0.3) is 11.8 Å². The van der Waals surface area contributed by atoms with Gasteiger partial charge in [0.1, 0.15) is 22.8 Å². The molecule has 2 amide bonds. The minimum absolute atomic E-state index is 0.0764. The molecule has 17 heteroatoms. The van der Waals surface area contributed by atoms with Crippen LogP contribution in [0.15, 0.2) is 34.5 Å². The van der Waals surface area contributed by atoms with E-state index in [1.54, 1.807) is 0 Å². The van der Waals surface area contributed by atoms with Gasteiger partial charge in [-0.1, -0.05) is 17.8 Å². The zero-order chi connectivity index (χ0) is 23.5. The average Bonchev–Trinajstić information content (AvgIpc) is 3.09. The molecule has 1 fully saturated rings. The number of allylic oxidation sites excluding steroid dienone is 1. The first-order chi connectivity index (χ1) is 14.4. The second kappa shape index (κ2) is 9.43. The van der Waals surface area contributed by atoms with Crippen molar-refractivity contribution in [1.29, 1.82) is 0 Å². The Morgan fingerprint density at radius 1 is 1.42 bits per heavy atom. The topological polar surface area (TPSA) is 233 Å². The van der Waals surface area contributed by atoms with Crippen molar-refractivity contribution in [3.63, 3.8) is 0 Å². The van der Waals surface area contributed by atoms with Gasteiger partial charge in [0, 0.05) is 11.1 Å². The predicted octanol–water partition coefficient (Wildman–Crippen LogP) is -0.825. The third-order valence-electron chi connectivity index (χ3n) is 3.81. The number of aliphatic carboxylic acids is 1. The highest BCUT2D eigenvalue weighted by atomic mass is 32.3. The van der Waals surface area contributed by atoms with Gasteiger partial charge in [-0.15, -0.1) is 23.1 Å². The zero-order valence-electron chi connectivity index (χ0n) is 15.2. The molecular formula is C14H15N5O9S3. The van der Waals surface area contributed by atoms with Crippen molar-refractivity contribution in [3.05, 3.63) is 35.0 Å². The van der Waals surface area contributed by atoms with E-state index >= 15 is 0 Å². The number of carbonyl (C=O) groups excluding carboxylic acids is 2. The van der Waals surface area contributed by atoms with E-state index in [1.165, 1.54) is 23.2 Å². The van der Waals surface area contributed by atoms with Crippen LogP contribution in [0.25, 0.3) is 0 Å². The summed E-state index contributed by atoms with van der Waals surface area (Å²) < 4.78 is 31.6. The van der Waals surface area contributed by atoms with Gasteiger partial charge in [-0.05, 0) is 5.57 Å². The second-order valence-electron chi connectivity index (χ2n) is 5.71. The van der Waals surface area contributed by atoms with Crippen LogP contribution in [0.2, 0.25) is 0 Å². The van der Waals surface area contributed by atoms with Crippen molar-refractivity contribution in [3.8, 4) is 0 Å². The second-order valence-corrected chi connectivity index (χ2v) is 8.60. The van der Waals surface area contributed by atoms with Crippen LogP contribution in [0.4, 0.5) is 5.13 Å². The summed E-state index contributed by atoms with van der Waals surface area (Å²) in [6.45, 7) is 3.56. The molecule has 1 aromatic rings. The van der Waals surface area contributed by atoms with Crippen LogP contribution >= 0.6 is 23.1 Å². The monoisotopic (exact) mass is 493 g/mol. The summed E-state index contributed by atoms with van der Waals surface area (Å²) in [6, 6.07) is -0.944. The number of carbonyl (C=O) groups is 3. The summed E-state index contributed by atoms with van der Waals surface area (Å²) in [4.78, 5) is 41.2. The molecule has 0 radical (unpaired) electrons. The van der Waals surface area contributed by atoms with E-state index < -0.39 is 39.6 Å². The molecular weight excluding hydrogens is 478 g/mol. The normalized spacial score (nSPS) is 20.8.